The molecule has 1 amide bonds. The fourth-order valence-corrected chi connectivity index (χ4v) is 2.77. The maximum Gasteiger partial charge on any atom is 0.408 e. The number of fused-ring (bicyclic) bond motifs is 1. The average molecular weight is 205 g/mol. The third-order valence-corrected chi connectivity index (χ3v) is 3.63. The molecular formula is C7H11NO4S. The second kappa shape index (κ2) is 3.04. The molecule has 1 saturated carbocycles. The quantitative estimate of drug-likeness (QED) is 0.508. The molecule has 0 unspecified atom stereocenters. The van der Waals surface area contributed by atoms with Crippen LogP contribution >= 0.6 is 11.8 Å². The maximum atomic E-state index is 10.8. The Hall–Kier alpha value is -0.460. The van der Waals surface area contributed by atoms with E-state index in [-0.39, 0.29) is 5.25 Å². The lowest BCUT2D eigenvalue weighted by Crippen LogP contribution is -2.39. The van der Waals surface area contributed by atoms with Crippen LogP contribution in [0.25, 0.3) is 0 Å². The Morgan fingerprint density at radius 2 is 2.15 bits per heavy atom. The number of ether oxygens (including phenoxy) is 1. The number of hydrogen-bond acceptors (Lipinski definition) is 5. The van der Waals surface area contributed by atoms with Gasteiger partial charge in [0.15, 0.2) is 6.10 Å². The number of carbonyl (C=O) groups excluding carboxylic acids is 1. The molecule has 3 N–H and O–H groups in total. The van der Waals surface area contributed by atoms with Crippen molar-refractivity contribution in [3.05, 3.63) is 0 Å². The third kappa shape index (κ3) is 1.20. The predicted molar refractivity (Wildman–Crippen MR) is 46.5 cm³/mol. The zero-order chi connectivity index (χ0) is 9.59. The molecule has 5 atom stereocenters. The zero-order valence-corrected chi connectivity index (χ0v) is 7.82. The van der Waals surface area contributed by atoms with E-state index in [9.17, 15) is 15.0 Å². The number of aliphatic hydroxyl groups is 2. The molecular weight excluding hydrogens is 194 g/mol. The molecule has 1 heterocycles. The predicted octanol–water partition coefficient (Wildman–Crippen LogP) is -1.07. The van der Waals surface area contributed by atoms with Crippen molar-refractivity contribution >= 4 is 17.9 Å². The second-order valence-corrected chi connectivity index (χ2v) is 4.24. The molecule has 6 heteroatoms. The first kappa shape index (κ1) is 9.11. The Morgan fingerprint density at radius 3 is 2.69 bits per heavy atom. The van der Waals surface area contributed by atoms with Gasteiger partial charge >= 0.3 is 6.09 Å². The van der Waals surface area contributed by atoms with Crippen molar-refractivity contribution < 1.29 is 19.7 Å². The van der Waals surface area contributed by atoms with E-state index in [0.717, 1.165) is 0 Å². The van der Waals surface area contributed by atoms with E-state index in [4.69, 9.17) is 4.74 Å². The number of alkyl carbamates (subject to hydrolysis) is 1. The van der Waals surface area contributed by atoms with Crippen LogP contribution in [0.1, 0.15) is 0 Å². The Bertz CT molecular complexity index is 217. The molecule has 0 aromatic rings. The van der Waals surface area contributed by atoms with E-state index in [1.54, 1.807) is 6.26 Å². The van der Waals surface area contributed by atoms with E-state index in [1.807, 2.05) is 0 Å². The summed E-state index contributed by atoms with van der Waals surface area (Å²) in [4.78, 5) is 10.8. The number of amides is 1. The molecule has 1 aliphatic carbocycles. The highest BCUT2D eigenvalue weighted by Gasteiger charge is 2.55. The number of hydrogen-bond donors (Lipinski definition) is 3. The van der Waals surface area contributed by atoms with Crippen molar-refractivity contribution in [2.45, 2.75) is 29.6 Å². The summed E-state index contributed by atoms with van der Waals surface area (Å²) in [6.07, 6.45) is -0.872. The Kier molecular flexibility index (Phi) is 2.13. The minimum Gasteiger partial charge on any atom is -0.441 e. The summed E-state index contributed by atoms with van der Waals surface area (Å²) in [7, 11) is 0. The summed E-state index contributed by atoms with van der Waals surface area (Å²) in [5.74, 6) is 0. The number of carbonyl (C=O) groups is 1. The molecule has 0 radical (unpaired) electrons. The smallest absolute Gasteiger partial charge is 0.408 e. The van der Waals surface area contributed by atoms with Crippen molar-refractivity contribution in [1.82, 2.24) is 5.32 Å². The molecule has 1 aliphatic heterocycles. The molecule has 5 nitrogen and oxygen atoms in total. The van der Waals surface area contributed by atoms with Crippen LogP contribution in [-0.4, -0.2) is 52.2 Å². The first-order valence-corrected chi connectivity index (χ1v) is 5.30. The van der Waals surface area contributed by atoms with Crippen LogP contribution in [0, 0.1) is 0 Å². The van der Waals surface area contributed by atoms with Gasteiger partial charge in [0.25, 0.3) is 0 Å². The first-order valence-electron chi connectivity index (χ1n) is 4.01. The molecule has 0 aromatic heterocycles. The molecule has 0 aromatic carbocycles. The SMILES string of the molecule is CS[C@H]1[C@H](O)[C@@H]2NC(=O)O[C@@H]2[C@H]1O. The second-order valence-electron chi connectivity index (χ2n) is 3.22. The Balaban J connectivity index is 2.17. The highest BCUT2D eigenvalue weighted by Crippen LogP contribution is 2.34. The van der Waals surface area contributed by atoms with Gasteiger partial charge in [-0.15, -0.1) is 0 Å². The van der Waals surface area contributed by atoms with Crippen LogP contribution in [-0.2, 0) is 4.74 Å². The van der Waals surface area contributed by atoms with Crippen molar-refractivity contribution in [2.75, 3.05) is 6.26 Å². The fraction of sp³-hybridized carbons (Fsp3) is 0.857. The molecule has 2 aliphatic rings. The van der Waals surface area contributed by atoms with Crippen molar-refractivity contribution in [2.24, 2.45) is 0 Å². The van der Waals surface area contributed by atoms with Gasteiger partial charge in [0, 0.05) is 0 Å². The van der Waals surface area contributed by atoms with Crippen LogP contribution < -0.4 is 5.32 Å². The summed E-state index contributed by atoms with van der Waals surface area (Å²) in [6.45, 7) is 0. The minimum absolute atomic E-state index is 0.282. The summed E-state index contributed by atoms with van der Waals surface area (Å²) in [5, 5.41) is 21.5. The van der Waals surface area contributed by atoms with Crippen molar-refractivity contribution in [3.63, 3.8) is 0 Å². The van der Waals surface area contributed by atoms with Gasteiger partial charge in [-0.05, 0) is 6.26 Å². The molecule has 2 fully saturated rings. The number of aliphatic hydroxyl groups excluding tert-OH is 2. The highest BCUT2D eigenvalue weighted by atomic mass is 32.2. The summed E-state index contributed by atoms with van der Waals surface area (Å²) in [6, 6.07) is -0.458. The molecule has 13 heavy (non-hydrogen) atoms. The fourth-order valence-electron chi connectivity index (χ4n) is 1.88. The molecule has 0 spiro atoms. The largest absolute Gasteiger partial charge is 0.441 e. The van der Waals surface area contributed by atoms with E-state index >= 15 is 0 Å². The highest BCUT2D eigenvalue weighted by molar-refractivity contribution is 7.99. The van der Waals surface area contributed by atoms with Gasteiger partial charge in [-0.1, -0.05) is 0 Å². The van der Waals surface area contributed by atoms with Gasteiger partial charge in [0.1, 0.15) is 6.10 Å². The van der Waals surface area contributed by atoms with E-state index in [1.165, 1.54) is 11.8 Å². The lowest BCUT2D eigenvalue weighted by Gasteiger charge is -2.17. The van der Waals surface area contributed by atoms with E-state index < -0.39 is 30.4 Å². The van der Waals surface area contributed by atoms with Crippen LogP contribution in [0.5, 0.6) is 0 Å². The Labute approximate surface area is 79.5 Å². The van der Waals surface area contributed by atoms with Gasteiger partial charge in [-0.3, -0.25) is 0 Å². The Morgan fingerprint density at radius 1 is 1.46 bits per heavy atom. The zero-order valence-electron chi connectivity index (χ0n) is 7.01. The van der Waals surface area contributed by atoms with Crippen molar-refractivity contribution in [1.29, 1.82) is 0 Å². The van der Waals surface area contributed by atoms with Crippen LogP contribution in [0.15, 0.2) is 0 Å². The monoisotopic (exact) mass is 205 g/mol. The van der Waals surface area contributed by atoms with Gasteiger partial charge in [-0.2, -0.15) is 11.8 Å². The van der Waals surface area contributed by atoms with E-state index in [2.05, 4.69) is 5.32 Å². The number of rotatable bonds is 1. The normalized spacial score (nSPS) is 48.5. The minimum atomic E-state index is -0.783. The summed E-state index contributed by atoms with van der Waals surface area (Å²) in [5.41, 5.74) is 0. The van der Waals surface area contributed by atoms with Gasteiger partial charge in [-0.25, -0.2) is 4.79 Å². The topological polar surface area (TPSA) is 78.8 Å². The maximum absolute atomic E-state index is 10.8. The van der Waals surface area contributed by atoms with Crippen LogP contribution in [0.3, 0.4) is 0 Å². The first-order chi connectivity index (χ1) is 6.15. The molecule has 2 rings (SSSR count). The van der Waals surface area contributed by atoms with Gasteiger partial charge in [0.05, 0.1) is 17.4 Å². The van der Waals surface area contributed by atoms with Gasteiger partial charge < -0.3 is 20.3 Å². The summed E-state index contributed by atoms with van der Waals surface area (Å²) >= 11 is 1.38. The average Bonchev–Trinajstić information content (AvgIpc) is 2.55. The lowest BCUT2D eigenvalue weighted by molar-refractivity contribution is 0.0453. The molecule has 0 bridgehead atoms. The van der Waals surface area contributed by atoms with Crippen molar-refractivity contribution in [3.8, 4) is 0 Å². The number of thioether (sulfide) groups is 1. The van der Waals surface area contributed by atoms with Crippen LogP contribution in [0.4, 0.5) is 4.79 Å². The summed E-state index contributed by atoms with van der Waals surface area (Å²) < 4.78 is 4.83. The van der Waals surface area contributed by atoms with Gasteiger partial charge in [0.2, 0.25) is 0 Å². The molecule has 1 saturated heterocycles. The van der Waals surface area contributed by atoms with E-state index in [0.29, 0.717) is 0 Å². The number of nitrogens with one attached hydrogen (secondary N) is 1. The third-order valence-electron chi connectivity index (χ3n) is 2.53. The standard InChI is InChI=1S/C7H11NO4S/c1-13-6-3(9)2-5(4(6)10)12-7(11)8-2/h2-6,9-10H,1H3,(H,8,11)/t2-,3+,4+,5-,6-/m0/s1. The lowest BCUT2D eigenvalue weighted by atomic mass is 10.2. The van der Waals surface area contributed by atoms with Crippen LogP contribution in [0.2, 0.25) is 0 Å². The molecule has 74 valence electrons.